The molecular formula is C12H15FO2. The van der Waals surface area contributed by atoms with Gasteiger partial charge in [-0.3, -0.25) is 0 Å². The molecule has 1 aromatic rings. The second-order valence-electron chi connectivity index (χ2n) is 3.03. The quantitative estimate of drug-likeness (QED) is 0.809. The lowest BCUT2D eigenvalue weighted by Crippen LogP contribution is -1.92. The monoisotopic (exact) mass is 210 g/mol. The van der Waals surface area contributed by atoms with Gasteiger partial charge in [0.15, 0.2) is 0 Å². The van der Waals surface area contributed by atoms with Gasteiger partial charge in [0.05, 0.1) is 6.61 Å². The first-order chi connectivity index (χ1) is 7.27. The standard InChI is InChI=1S/C12H15FO2/c1-2-15-11-7-6-10(12(13)9-11)5-3-4-8-14/h3,5-7,9,14H,2,4,8H2,1H3. The van der Waals surface area contributed by atoms with E-state index in [0.717, 1.165) is 0 Å². The number of hydrogen-bond donors (Lipinski definition) is 1. The summed E-state index contributed by atoms with van der Waals surface area (Å²) in [7, 11) is 0. The number of halogens is 1. The van der Waals surface area contributed by atoms with Crippen LogP contribution in [0.1, 0.15) is 18.9 Å². The highest BCUT2D eigenvalue weighted by Gasteiger charge is 2.00. The van der Waals surface area contributed by atoms with Crippen molar-refractivity contribution in [1.29, 1.82) is 0 Å². The fraction of sp³-hybridized carbons (Fsp3) is 0.333. The number of hydrogen-bond acceptors (Lipinski definition) is 2. The van der Waals surface area contributed by atoms with Gasteiger partial charge in [0.2, 0.25) is 0 Å². The van der Waals surface area contributed by atoms with Gasteiger partial charge in [0, 0.05) is 18.2 Å². The van der Waals surface area contributed by atoms with Gasteiger partial charge in [-0.15, -0.1) is 0 Å². The first-order valence-corrected chi connectivity index (χ1v) is 4.97. The average Bonchev–Trinajstić information content (AvgIpc) is 2.22. The topological polar surface area (TPSA) is 29.5 Å². The van der Waals surface area contributed by atoms with Gasteiger partial charge < -0.3 is 9.84 Å². The molecule has 1 N–H and O–H groups in total. The van der Waals surface area contributed by atoms with E-state index >= 15 is 0 Å². The Balaban J connectivity index is 2.74. The molecule has 1 aromatic carbocycles. The minimum atomic E-state index is -0.310. The summed E-state index contributed by atoms with van der Waals surface area (Å²) in [6.07, 6.45) is 3.92. The van der Waals surface area contributed by atoms with Crippen LogP contribution >= 0.6 is 0 Å². The fourth-order valence-corrected chi connectivity index (χ4v) is 1.18. The van der Waals surface area contributed by atoms with Crippen LogP contribution in [0.25, 0.3) is 6.08 Å². The summed E-state index contributed by atoms with van der Waals surface area (Å²) in [6.45, 7) is 2.46. The van der Waals surface area contributed by atoms with Gasteiger partial charge in [0.25, 0.3) is 0 Å². The van der Waals surface area contributed by atoms with Crippen molar-refractivity contribution in [3.63, 3.8) is 0 Å². The molecule has 0 spiro atoms. The zero-order chi connectivity index (χ0) is 11.1. The highest BCUT2D eigenvalue weighted by Crippen LogP contribution is 2.17. The van der Waals surface area contributed by atoms with Crippen LogP contribution in [0.2, 0.25) is 0 Å². The summed E-state index contributed by atoms with van der Waals surface area (Å²) in [5.41, 5.74) is 0.506. The zero-order valence-corrected chi connectivity index (χ0v) is 8.74. The van der Waals surface area contributed by atoms with Gasteiger partial charge in [0.1, 0.15) is 11.6 Å². The van der Waals surface area contributed by atoms with Crippen molar-refractivity contribution in [2.24, 2.45) is 0 Å². The summed E-state index contributed by atoms with van der Waals surface area (Å²) in [6, 6.07) is 4.75. The maximum Gasteiger partial charge on any atom is 0.134 e. The average molecular weight is 210 g/mol. The van der Waals surface area contributed by atoms with Gasteiger partial charge in [-0.2, -0.15) is 0 Å². The van der Waals surface area contributed by atoms with Crippen molar-refractivity contribution in [3.05, 3.63) is 35.7 Å². The Kier molecular flexibility index (Phi) is 4.84. The third-order valence-corrected chi connectivity index (χ3v) is 1.88. The number of benzene rings is 1. The highest BCUT2D eigenvalue weighted by molar-refractivity contribution is 5.51. The van der Waals surface area contributed by atoms with Gasteiger partial charge in [-0.05, 0) is 25.5 Å². The minimum absolute atomic E-state index is 0.0785. The van der Waals surface area contributed by atoms with E-state index in [-0.39, 0.29) is 12.4 Å². The SMILES string of the molecule is CCOc1ccc(C=CCCO)c(F)c1. The van der Waals surface area contributed by atoms with E-state index in [1.807, 2.05) is 6.92 Å². The summed E-state index contributed by atoms with van der Waals surface area (Å²) in [5, 5.41) is 8.56. The summed E-state index contributed by atoms with van der Waals surface area (Å²) in [4.78, 5) is 0. The molecule has 0 saturated heterocycles. The van der Waals surface area contributed by atoms with Crippen LogP contribution in [0.3, 0.4) is 0 Å². The van der Waals surface area contributed by atoms with Crippen molar-refractivity contribution < 1.29 is 14.2 Å². The first-order valence-electron chi connectivity index (χ1n) is 4.97. The lowest BCUT2D eigenvalue weighted by atomic mass is 10.2. The summed E-state index contributed by atoms with van der Waals surface area (Å²) >= 11 is 0. The minimum Gasteiger partial charge on any atom is -0.494 e. The molecule has 0 aromatic heterocycles. The Hall–Kier alpha value is -1.35. The molecule has 3 heteroatoms. The maximum atomic E-state index is 13.4. The van der Waals surface area contributed by atoms with Crippen molar-refractivity contribution in [1.82, 2.24) is 0 Å². The lowest BCUT2D eigenvalue weighted by molar-refractivity contribution is 0.303. The first kappa shape index (κ1) is 11.7. The van der Waals surface area contributed by atoms with E-state index in [1.165, 1.54) is 6.07 Å². The molecule has 82 valence electrons. The van der Waals surface area contributed by atoms with E-state index < -0.39 is 0 Å². The Morgan fingerprint density at radius 1 is 1.47 bits per heavy atom. The molecule has 0 fully saturated rings. The van der Waals surface area contributed by atoms with Crippen molar-refractivity contribution in [3.8, 4) is 5.75 Å². The Bertz CT molecular complexity index is 334. The number of aliphatic hydroxyl groups is 1. The maximum absolute atomic E-state index is 13.4. The van der Waals surface area contributed by atoms with Crippen molar-refractivity contribution in [2.75, 3.05) is 13.2 Å². The largest absolute Gasteiger partial charge is 0.494 e. The van der Waals surface area contributed by atoms with E-state index in [4.69, 9.17) is 9.84 Å². The third-order valence-electron chi connectivity index (χ3n) is 1.88. The van der Waals surface area contributed by atoms with Crippen molar-refractivity contribution >= 4 is 6.08 Å². The summed E-state index contributed by atoms with van der Waals surface area (Å²) in [5.74, 6) is 0.226. The Labute approximate surface area is 89.0 Å². The van der Waals surface area contributed by atoms with Crippen LogP contribution in [0, 0.1) is 5.82 Å². The molecule has 0 aliphatic rings. The molecule has 0 unspecified atom stereocenters. The molecule has 0 aliphatic heterocycles. The molecule has 0 bridgehead atoms. The second-order valence-corrected chi connectivity index (χ2v) is 3.03. The van der Waals surface area contributed by atoms with Crippen LogP contribution in [0.5, 0.6) is 5.75 Å². The van der Waals surface area contributed by atoms with E-state index in [0.29, 0.717) is 24.3 Å². The van der Waals surface area contributed by atoms with Crippen LogP contribution in [-0.2, 0) is 0 Å². The van der Waals surface area contributed by atoms with Crippen LogP contribution in [0.4, 0.5) is 4.39 Å². The van der Waals surface area contributed by atoms with Crippen LogP contribution in [-0.4, -0.2) is 18.3 Å². The zero-order valence-electron chi connectivity index (χ0n) is 8.74. The Morgan fingerprint density at radius 3 is 2.87 bits per heavy atom. The predicted molar refractivity (Wildman–Crippen MR) is 58.3 cm³/mol. The predicted octanol–water partition coefficient (Wildman–Crippen LogP) is 2.62. The molecule has 0 heterocycles. The summed E-state index contributed by atoms with van der Waals surface area (Å²) < 4.78 is 18.6. The second kappa shape index (κ2) is 6.19. The molecular weight excluding hydrogens is 195 g/mol. The van der Waals surface area contributed by atoms with Gasteiger partial charge in [-0.1, -0.05) is 12.2 Å². The molecule has 0 saturated carbocycles. The molecule has 15 heavy (non-hydrogen) atoms. The number of ether oxygens (including phenoxy) is 1. The number of aliphatic hydroxyl groups excluding tert-OH is 1. The third kappa shape index (κ3) is 3.72. The Morgan fingerprint density at radius 2 is 2.27 bits per heavy atom. The normalized spacial score (nSPS) is 10.9. The molecule has 0 amide bonds. The lowest BCUT2D eigenvalue weighted by Gasteiger charge is -2.03. The highest BCUT2D eigenvalue weighted by atomic mass is 19.1. The molecule has 0 radical (unpaired) electrons. The molecule has 1 rings (SSSR count). The molecule has 0 atom stereocenters. The molecule has 2 nitrogen and oxygen atoms in total. The van der Waals surface area contributed by atoms with Crippen LogP contribution in [0.15, 0.2) is 24.3 Å². The molecule has 0 aliphatic carbocycles. The van der Waals surface area contributed by atoms with Gasteiger partial charge in [-0.25, -0.2) is 4.39 Å². The fourth-order valence-electron chi connectivity index (χ4n) is 1.18. The van der Waals surface area contributed by atoms with Gasteiger partial charge >= 0.3 is 0 Å². The van der Waals surface area contributed by atoms with E-state index in [2.05, 4.69) is 0 Å². The van der Waals surface area contributed by atoms with E-state index in [1.54, 1.807) is 24.3 Å². The van der Waals surface area contributed by atoms with E-state index in [9.17, 15) is 4.39 Å². The van der Waals surface area contributed by atoms with Crippen molar-refractivity contribution in [2.45, 2.75) is 13.3 Å². The van der Waals surface area contributed by atoms with Crippen LogP contribution < -0.4 is 4.74 Å². The number of rotatable bonds is 5. The smallest absolute Gasteiger partial charge is 0.134 e.